The number of nitrogens with zero attached hydrogens (tertiary/aromatic N) is 2. The summed E-state index contributed by atoms with van der Waals surface area (Å²) in [5.41, 5.74) is 1.72. The molecule has 0 fully saturated rings. The van der Waals surface area contributed by atoms with Gasteiger partial charge in [-0.3, -0.25) is 14.4 Å². The van der Waals surface area contributed by atoms with Gasteiger partial charge in [-0.2, -0.15) is 5.10 Å². The summed E-state index contributed by atoms with van der Waals surface area (Å²) in [5, 5.41) is 9.60. The second-order valence-corrected chi connectivity index (χ2v) is 6.64. The van der Waals surface area contributed by atoms with Gasteiger partial charge in [-0.1, -0.05) is 18.2 Å². The molecule has 0 atom stereocenters. The maximum atomic E-state index is 12.1. The first-order valence-electron chi connectivity index (χ1n) is 9.98. The van der Waals surface area contributed by atoms with Gasteiger partial charge in [0.2, 0.25) is 5.91 Å². The molecule has 0 spiro atoms. The standard InChI is InChI=1S/C23H24N4O4/c1-2-31-19-10-8-17(9-11-19)20-12-13-22(29)27(26-20)15-14-24-21(28)16-25-23(30)18-6-4-3-5-7-18/h3-13H,2,14-16H2,1H3,(H,24,28)(H,25,30). The van der Waals surface area contributed by atoms with Crippen molar-refractivity contribution in [1.82, 2.24) is 20.4 Å². The zero-order valence-electron chi connectivity index (χ0n) is 17.2. The minimum absolute atomic E-state index is 0.151. The third-order valence-corrected chi connectivity index (χ3v) is 4.42. The lowest BCUT2D eigenvalue weighted by Crippen LogP contribution is -2.39. The van der Waals surface area contributed by atoms with Gasteiger partial charge in [0.1, 0.15) is 5.75 Å². The van der Waals surface area contributed by atoms with E-state index in [0.717, 1.165) is 11.3 Å². The number of hydrogen-bond donors (Lipinski definition) is 2. The maximum Gasteiger partial charge on any atom is 0.266 e. The Bertz CT molecular complexity index is 1080. The van der Waals surface area contributed by atoms with E-state index in [0.29, 0.717) is 17.9 Å². The van der Waals surface area contributed by atoms with Gasteiger partial charge in [0.05, 0.1) is 25.4 Å². The summed E-state index contributed by atoms with van der Waals surface area (Å²) in [6.45, 7) is 2.77. The van der Waals surface area contributed by atoms with E-state index >= 15 is 0 Å². The van der Waals surface area contributed by atoms with Crippen LogP contribution in [-0.4, -0.2) is 41.3 Å². The largest absolute Gasteiger partial charge is 0.494 e. The van der Waals surface area contributed by atoms with Crippen LogP contribution in [0, 0.1) is 0 Å². The lowest BCUT2D eigenvalue weighted by molar-refractivity contribution is -0.120. The number of benzene rings is 2. The smallest absolute Gasteiger partial charge is 0.266 e. The normalized spacial score (nSPS) is 10.4. The molecule has 2 aromatic carbocycles. The minimum atomic E-state index is -0.347. The summed E-state index contributed by atoms with van der Waals surface area (Å²) < 4.78 is 6.73. The van der Waals surface area contributed by atoms with E-state index in [4.69, 9.17) is 4.74 Å². The molecule has 0 unspecified atom stereocenters. The molecule has 0 saturated carbocycles. The van der Waals surface area contributed by atoms with Crippen molar-refractivity contribution in [1.29, 1.82) is 0 Å². The van der Waals surface area contributed by atoms with Gasteiger partial charge in [0.15, 0.2) is 0 Å². The SMILES string of the molecule is CCOc1ccc(-c2ccc(=O)n(CCNC(=O)CNC(=O)c3ccccc3)n2)cc1. The molecule has 1 heterocycles. The minimum Gasteiger partial charge on any atom is -0.494 e. The molecule has 0 saturated heterocycles. The first kappa shape index (κ1) is 21.8. The molecule has 0 aliphatic carbocycles. The third kappa shape index (κ3) is 6.27. The van der Waals surface area contributed by atoms with E-state index < -0.39 is 0 Å². The number of hydrogen-bond acceptors (Lipinski definition) is 5. The van der Waals surface area contributed by atoms with E-state index in [2.05, 4.69) is 15.7 Å². The molecule has 2 N–H and O–H groups in total. The van der Waals surface area contributed by atoms with Crippen LogP contribution in [0.1, 0.15) is 17.3 Å². The van der Waals surface area contributed by atoms with Crippen molar-refractivity contribution in [3.8, 4) is 17.0 Å². The van der Waals surface area contributed by atoms with Gasteiger partial charge in [-0.05, 0) is 49.4 Å². The summed E-state index contributed by atoms with van der Waals surface area (Å²) in [5.74, 6) is 0.0957. The maximum absolute atomic E-state index is 12.1. The van der Waals surface area contributed by atoms with Crippen molar-refractivity contribution in [2.24, 2.45) is 0 Å². The molecule has 31 heavy (non-hydrogen) atoms. The molecule has 160 valence electrons. The van der Waals surface area contributed by atoms with Crippen molar-refractivity contribution in [2.75, 3.05) is 19.7 Å². The molecule has 0 aliphatic rings. The average Bonchev–Trinajstić information content (AvgIpc) is 2.80. The Morgan fingerprint density at radius 2 is 1.71 bits per heavy atom. The van der Waals surface area contributed by atoms with Gasteiger partial charge in [0.25, 0.3) is 11.5 Å². The monoisotopic (exact) mass is 420 g/mol. The fourth-order valence-corrected chi connectivity index (χ4v) is 2.87. The topological polar surface area (TPSA) is 102 Å². The second kappa shape index (κ2) is 10.7. The molecular formula is C23H24N4O4. The van der Waals surface area contributed by atoms with E-state index in [-0.39, 0.29) is 37.0 Å². The van der Waals surface area contributed by atoms with Crippen LogP contribution in [0.3, 0.4) is 0 Å². The van der Waals surface area contributed by atoms with Crippen LogP contribution in [0.15, 0.2) is 71.5 Å². The average molecular weight is 420 g/mol. The molecule has 0 radical (unpaired) electrons. The predicted octanol–water partition coefficient (Wildman–Crippen LogP) is 1.86. The number of carbonyl (C=O) groups is 2. The van der Waals surface area contributed by atoms with E-state index in [1.165, 1.54) is 10.7 Å². The highest BCUT2D eigenvalue weighted by molar-refractivity contribution is 5.96. The first-order chi connectivity index (χ1) is 15.1. The molecule has 3 aromatic rings. The van der Waals surface area contributed by atoms with Crippen molar-refractivity contribution < 1.29 is 14.3 Å². The molecule has 0 aliphatic heterocycles. The number of nitrogens with one attached hydrogen (secondary N) is 2. The summed E-state index contributed by atoms with van der Waals surface area (Å²) in [6.07, 6.45) is 0. The van der Waals surface area contributed by atoms with Crippen molar-refractivity contribution >= 4 is 11.8 Å². The summed E-state index contributed by atoms with van der Waals surface area (Å²) in [6, 6.07) is 19.2. The molecule has 3 rings (SSSR count). The quantitative estimate of drug-likeness (QED) is 0.550. The number of aromatic nitrogens is 2. The lowest BCUT2D eigenvalue weighted by Gasteiger charge is -2.10. The highest BCUT2D eigenvalue weighted by Gasteiger charge is 2.08. The Labute approximate surface area is 179 Å². The Balaban J connectivity index is 1.52. The molecule has 8 heteroatoms. The van der Waals surface area contributed by atoms with Crippen LogP contribution >= 0.6 is 0 Å². The van der Waals surface area contributed by atoms with Crippen LogP contribution in [-0.2, 0) is 11.3 Å². The molecule has 0 bridgehead atoms. The highest BCUT2D eigenvalue weighted by Crippen LogP contribution is 2.19. The van der Waals surface area contributed by atoms with E-state index in [1.54, 1.807) is 30.3 Å². The van der Waals surface area contributed by atoms with E-state index in [9.17, 15) is 14.4 Å². The number of carbonyl (C=O) groups excluding carboxylic acids is 2. The van der Waals surface area contributed by atoms with Crippen LogP contribution in [0.4, 0.5) is 0 Å². The van der Waals surface area contributed by atoms with Crippen LogP contribution < -0.4 is 20.9 Å². The van der Waals surface area contributed by atoms with Crippen molar-refractivity contribution in [3.63, 3.8) is 0 Å². The zero-order valence-corrected chi connectivity index (χ0v) is 17.2. The summed E-state index contributed by atoms with van der Waals surface area (Å²) >= 11 is 0. The zero-order chi connectivity index (χ0) is 22.1. The Hall–Kier alpha value is -3.94. The van der Waals surface area contributed by atoms with Gasteiger partial charge in [-0.25, -0.2) is 4.68 Å². The number of rotatable bonds is 9. The van der Waals surface area contributed by atoms with Crippen molar-refractivity contribution in [2.45, 2.75) is 13.5 Å². The molecule has 1 aromatic heterocycles. The predicted molar refractivity (Wildman–Crippen MR) is 117 cm³/mol. The Morgan fingerprint density at radius 3 is 2.42 bits per heavy atom. The van der Waals surface area contributed by atoms with Crippen LogP contribution in [0.5, 0.6) is 5.75 Å². The molecule has 2 amide bonds. The summed E-state index contributed by atoms with van der Waals surface area (Å²) in [4.78, 5) is 36.0. The second-order valence-electron chi connectivity index (χ2n) is 6.64. The fraction of sp³-hybridized carbons (Fsp3) is 0.217. The third-order valence-electron chi connectivity index (χ3n) is 4.42. The van der Waals surface area contributed by atoms with E-state index in [1.807, 2.05) is 37.3 Å². The number of ether oxygens (including phenoxy) is 1. The van der Waals surface area contributed by atoms with Crippen LogP contribution in [0.25, 0.3) is 11.3 Å². The first-order valence-corrected chi connectivity index (χ1v) is 9.98. The van der Waals surface area contributed by atoms with Gasteiger partial charge in [0, 0.05) is 23.7 Å². The molecular weight excluding hydrogens is 396 g/mol. The van der Waals surface area contributed by atoms with Crippen LogP contribution in [0.2, 0.25) is 0 Å². The Kier molecular flexibility index (Phi) is 7.53. The van der Waals surface area contributed by atoms with Gasteiger partial charge >= 0.3 is 0 Å². The Morgan fingerprint density at radius 1 is 0.968 bits per heavy atom. The van der Waals surface area contributed by atoms with Crippen molar-refractivity contribution in [3.05, 3.63) is 82.6 Å². The van der Waals surface area contributed by atoms with Gasteiger partial charge in [-0.15, -0.1) is 0 Å². The summed E-state index contributed by atoms with van der Waals surface area (Å²) in [7, 11) is 0. The fourth-order valence-electron chi connectivity index (χ4n) is 2.87. The lowest BCUT2D eigenvalue weighted by atomic mass is 10.1. The van der Waals surface area contributed by atoms with Gasteiger partial charge < -0.3 is 15.4 Å². The highest BCUT2D eigenvalue weighted by atomic mass is 16.5. The number of amides is 2. The molecule has 8 nitrogen and oxygen atoms in total.